The summed E-state index contributed by atoms with van der Waals surface area (Å²) in [5, 5.41) is 15.4. The SMILES string of the molecule is Cc1cc(NC(=O)COC2CCNCC2)ccc1O. The summed E-state index contributed by atoms with van der Waals surface area (Å²) >= 11 is 0. The highest BCUT2D eigenvalue weighted by molar-refractivity contribution is 5.91. The Hall–Kier alpha value is -1.59. The number of phenolic OH excluding ortho intramolecular Hbond substituents is 1. The highest BCUT2D eigenvalue weighted by atomic mass is 16.5. The zero-order valence-electron chi connectivity index (χ0n) is 11.1. The predicted molar refractivity (Wildman–Crippen MR) is 73.3 cm³/mol. The summed E-state index contributed by atoms with van der Waals surface area (Å²) in [5.74, 6) is 0.0626. The van der Waals surface area contributed by atoms with Crippen molar-refractivity contribution in [3.8, 4) is 5.75 Å². The van der Waals surface area contributed by atoms with Crippen molar-refractivity contribution < 1.29 is 14.6 Å². The molecule has 0 unspecified atom stereocenters. The third-order valence-electron chi connectivity index (χ3n) is 3.22. The quantitative estimate of drug-likeness (QED) is 0.719. The van der Waals surface area contributed by atoms with E-state index in [0.717, 1.165) is 31.5 Å². The molecular formula is C14H20N2O3. The van der Waals surface area contributed by atoms with Crippen LogP contribution in [0.25, 0.3) is 0 Å². The molecule has 1 aliphatic heterocycles. The second-order valence-electron chi connectivity index (χ2n) is 4.81. The number of ether oxygens (including phenoxy) is 1. The molecule has 0 saturated carbocycles. The van der Waals surface area contributed by atoms with Gasteiger partial charge in [0, 0.05) is 5.69 Å². The van der Waals surface area contributed by atoms with Gasteiger partial charge in [-0.3, -0.25) is 4.79 Å². The van der Waals surface area contributed by atoms with E-state index in [1.807, 2.05) is 0 Å². The minimum Gasteiger partial charge on any atom is -0.508 e. The normalized spacial score (nSPS) is 16.3. The molecule has 1 heterocycles. The Labute approximate surface area is 113 Å². The van der Waals surface area contributed by atoms with Gasteiger partial charge in [-0.25, -0.2) is 0 Å². The summed E-state index contributed by atoms with van der Waals surface area (Å²) < 4.78 is 5.57. The molecule has 0 atom stereocenters. The molecule has 19 heavy (non-hydrogen) atoms. The number of nitrogens with one attached hydrogen (secondary N) is 2. The van der Waals surface area contributed by atoms with Crippen LogP contribution in [-0.2, 0) is 9.53 Å². The van der Waals surface area contributed by atoms with Gasteiger partial charge in [0.25, 0.3) is 0 Å². The number of hydrogen-bond acceptors (Lipinski definition) is 4. The lowest BCUT2D eigenvalue weighted by molar-refractivity contribution is -0.123. The summed E-state index contributed by atoms with van der Waals surface area (Å²) in [6.07, 6.45) is 2.07. The fraction of sp³-hybridized carbons (Fsp3) is 0.500. The highest BCUT2D eigenvalue weighted by Gasteiger charge is 2.14. The third kappa shape index (κ3) is 4.22. The van der Waals surface area contributed by atoms with Crippen LogP contribution in [0.1, 0.15) is 18.4 Å². The maximum absolute atomic E-state index is 11.7. The Morgan fingerprint density at radius 3 is 2.89 bits per heavy atom. The summed E-state index contributed by atoms with van der Waals surface area (Å²) in [6, 6.07) is 4.97. The van der Waals surface area contributed by atoms with Crippen molar-refractivity contribution in [2.75, 3.05) is 25.0 Å². The first kappa shape index (κ1) is 13.8. The lowest BCUT2D eigenvalue weighted by Gasteiger charge is -2.22. The minimum atomic E-state index is -0.163. The number of carbonyl (C=O) groups is 1. The Morgan fingerprint density at radius 2 is 2.21 bits per heavy atom. The predicted octanol–water partition coefficient (Wildman–Crippen LogP) is 1.41. The maximum atomic E-state index is 11.7. The fourth-order valence-corrected chi connectivity index (χ4v) is 2.09. The fourth-order valence-electron chi connectivity index (χ4n) is 2.09. The van der Waals surface area contributed by atoms with Gasteiger partial charge in [-0.2, -0.15) is 0 Å². The average molecular weight is 264 g/mol. The van der Waals surface area contributed by atoms with Crippen LogP contribution in [0.2, 0.25) is 0 Å². The molecule has 1 aliphatic rings. The topological polar surface area (TPSA) is 70.6 Å². The number of aryl methyl sites for hydroxylation is 1. The number of rotatable bonds is 4. The first-order chi connectivity index (χ1) is 9.15. The zero-order chi connectivity index (χ0) is 13.7. The number of phenols is 1. The van der Waals surface area contributed by atoms with Crippen LogP contribution >= 0.6 is 0 Å². The molecule has 1 aromatic rings. The van der Waals surface area contributed by atoms with Gasteiger partial charge in [0.2, 0.25) is 5.91 Å². The van der Waals surface area contributed by atoms with Crippen LogP contribution in [0.5, 0.6) is 5.75 Å². The van der Waals surface area contributed by atoms with Gasteiger partial charge < -0.3 is 20.5 Å². The van der Waals surface area contributed by atoms with Crippen molar-refractivity contribution in [1.29, 1.82) is 0 Å². The number of carbonyl (C=O) groups excluding carboxylic acids is 1. The van der Waals surface area contributed by atoms with Gasteiger partial charge in [0.05, 0.1) is 6.10 Å². The summed E-state index contributed by atoms with van der Waals surface area (Å²) in [6.45, 7) is 3.76. The molecule has 1 saturated heterocycles. The van der Waals surface area contributed by atoms with E-state index in [-0.39, 0.29) is 24.4 Å². The number of hydrogen-bond donors (Lipinski definition) is 3. The second-order valence-corrected chi connectivity index (χ2v) is 4.81. The van der Waals surface area contributed by atoms with Crippen LogP contribution in [0.4, 0.5) is 5.69 Å². The molecule has 1 aromatic carbocycles. The maximum Gasteiger partial charge on any atom is 0.250 e. The van der Waals surface area contributed by atoms with Gasteiger partial charge >= 0.3 is 0 Å². The van der Waals surface area contributed by atoms with E-state index in [1.54, 1.807) is 25.1 Å². The number of anilines is 1. The Bertz CT molecular complexity index is 442. The van der Waals surface area contributed by atoms with Crippen LogP contribution in [0.3, 0.4) is 0 Å². The van der Waals surface area contributed by atoms with Crippen LogP contribution in [-0.4, -0.2) is 36.8 Å². The molecule has 0 bridgehead atoms. The van der Waals surface area contributed by atoms with Gasteiger partial charge in [0.1, 0.15) is 12.4 Å². The average Bonchev–Trinajstić information content (AvgIpc) is 2.42. The summed E-state index contributed by atoms with van der Waals surface area (Å²) in [4.78, 5) is 11.7. The first-order valence-electron chi connectivity index (χ1n) is 6.57. The monoisotopic (exact) mass is 264 g/mol. The van der Waals surface area contributed by atoms with E-state index in [9.17, 15) is 9.90 Å². The third-order valence-corrected chi connectivity index (χ3v) is 3.22. The Balaban J connectivity index is 1.78. The summed E-state index contributed by atoms with van der Waals surface area (Å²) in [7, 11) is 0. The molecule has 1 fully saturated rings. The molecule has 104 valence electrons. The smallest absolute Gasteiger partial charge is 0.250 e. The number of benzene rings is 1. The van der Waals surface area contributed by atoms with Crippen molar-refractivity contribution in [3.05, 3.63) is 23.8 Å². The number of aromatic hydroxyl groups is 1. The van der Waals surface area contributed by atoms with Crippen molar-refractivity contribution in [2.45, 2.75) is 25.9 Å². The molecule has 0 spiro atoms. The Kier molecular flexibility index (Phi) is 4.76. The van der Waals surface area contributed by atoms with Crippen molar-refractivity contribution in [3.63, 3.8) is 0 Å². The van der Waals surface area contributed by atoms with E-state index in [2.05, 4.69) is 10.6 Å². The van der Waals surface area contributed by atoms with Crippen molar-refractivity contribution in [2.24, 2.45) is 0 Å². The standard InChI is InChI=1S/C14H20N2O3/c1-10-8-11(2-3-13(10)17)16-14(18)9-19-12-4-6-15-7-5-12/h2-3,8,12,15,17H,4-7,9H2,1H3,(H,16,18). The molecular weight excluding hydrogens is 244 g/mol. The van der Waals surface area contributed by atoms with E-state index >= 15 is 0 Å². The zero-order valence-corrected chi connectivity index (χ0v) is 11.1. The molecule has 0 radical (unpaired) electrons. The van der Waals surface area contributed by atoms with Crippen molar-refractivity contribution >= 4 is 11.6 Å². The largest absolute Gasteiger partial charge is 0.508 e. The molecule has 3 N–H and O–H groups in total. The van der Waals surface area contributed by atoms with E-state index in [1.165, 1.54) is 0 Å². The summed E-state index contributed by atoms with van der Waals surface area (Å²) in [5.41, 5.74) is 1.41. The highest BCUT2D eigenvalue weighted by Crippen LogP contribution is 2.20. The van der Waals surface area contributed by atoms with Gasteiger partial charge in [0.15, 0.2) is 0 Å². The van der Waals surface area contributed by atoms with Crippen LogP contribution in [0.15, 0.2) is 18.2 Å². The molecule has 0 aromatic heterocycles. The lowest BCUT2D eigenvalue weighted by atomic mass is 10.1. The molecule has 0 aliphatic carbocycles. The van der Waals surface area contributed by atoms with Gasteiger partial charge in [-0.05, 0) is 56.6 Å². The van der Waals surface area contributed by atoms with E-state index in [4.69, 9.17) is 4.74 Å². The second kappa shape index (κ2) is 6.54. The number of piperidine rings is 1. The first-order valence-corrected chi connectivity index (χ1v) is 6.57. The number of amides is 1. The Morgan fingerprint density at radius 1 is 1.47 bits per heavy atom. The molecule has 5 nitrogen and oxygen atoms in total. The van der Waals surface area contributed by atoms with Crippen LogP contribution < -0.4 is 10.6 Å². The van der Waals surface area contributed by atoms with Crippen molar-refractivity contribution in [1.82, 2.24) is 5.32 Å². The van der Waals surface area contributed by atoms with E-state index in [0.29, 0.717) is 5.69 Å². The molecule has 1 amide bonds. The van der Waals surface area contributed by atoms with E-state index < -0.39 is 0 Å². The lowest BCUT2D eigenvalue weighted by Crippen LogP contribution is -2.34. The molecule has 5 heteroatoms. The minimum absolute atomic E-state index is 0.0740. The van der Waals surface area contributed by atoms with Gasteiger partial charge in [-0.1, -0.05) is 0 Å². The van der Waals surface area contributed by atoms with Crippen LogP contribution in [0, 0.1) is 6.92 Å². The molecule has 2 rings (SSSR count). The van der Waals surface area contributed by atoms with Gasteiger partial charge in [-0.15, -0.1) is 0 Å².